The molecule has 1 aliphatic heterocycles. The first-order chi connectivity index (χ1) is 12.2. The molecule has 1 aliphatic rings. The van der Waals surface area contributed by atoms with Crippen molar-refractivity contribution >= 4 is 23.6 Å². The first kappa shape index (κ1) is 20.3. The van der Waals surface area contributed by atoms with E-state index in [1.807, 2.05) is 0 Å². The van der Waals surface area contributed by atoms with Crippen LogP contribution in [0.25, 0.3) is 0 Å². The second kappa shape index (κ2) is 8.58. The number of nitrogens with one attached hydrogen (secondary N) is 1. The fourth-order valence-electron chi connectivity index (χ4n) is 2.65. The fourth-order valence-corrected chi connectivity index (χ4v) is 2.82. The number of nitrogens with zero attached hydrogens (tertiary/aromatic N) is 2. The highest BCUT2D eigenvalue weighted by atomic mass is 35.5. The van der Waals surface area contributed by atoms with Crippen LogP contribution in [0.5, 0.6) is 5.75 Å². The van der Waals surface area contributed by atoms with Crippen molar-refractivity contribution in [2.45, 2.75) is 58.3 Å². The van der Waals surface area contributed by atoms with Crippen molar-refractivity contribution in [1.29, 1.82) is 0 Å². The van der Waals surface area contributed by atoms with Gasteiger partial charge in [-0.2, -0.15) is 0 Å². The Labute approximate surface area is 159 Å². The molecule has 0 aliphatic carbocycles. The molecule has 26 heavy (non-hydrogen) atoms. The SMILES string of the molecule is C[C@@H](NC(=O)OC(C)(C)C)C(=O)N1CCC(Oc2ccncc2Cl)CC1. The van der Waals surface area contributed by atoms with Crippen LogP contribution in [0.4, 0.5) is 4.79 Å². The number of carbonyl (C=O) groups is 2. The summed E-state index contributed by atoms with van der Waals surface area (Å²) in [6, 6.07) is 1.09. The van der Waals surface area contributed by atoms with E-state index in [9.17, 15) is 9.59 Å². The first-order valence-corrected chi connectivity index (χ1v) is 9.08. The summed E-state index contributed by atoms with van der Waals surface area (Å²) in [5.74, 6) is 0.475. The topological polar surface area (TPSA) is 80.8 Å². The summed E-state index contributed by atoms with van der Waals surface area (Å²) in [5.41, 5.74) is -0.600. The van der Waals surface area contributed by atoms with E-state index in [2.05, 4.69) is 10.3 Å². The van der Waals surface area contributed by atoms with Crippen molar-refractivity contribution < 1.29 is 19.1 Å². The Bertz CT molecular complexity index is 640. The zero-order chi connectivity index (χ0) is 19.3. The molecule has 2 rings (SSSR count). The molecule has 1 aromatic heterocycles. The van der Waals surface area contributed by atoms with Crippen LogP contribution in [0.1, 0.15) is 40.5 Å². The molecular formula is C18H26ClN3O4. The molecule has 7 nitrogen and oxygen atoms in total. The third kappa shape index (κ3) is 6.05. The summed E-state index contributed by atoms with van der Waals surface area (Å²) in [5, 5.41) is 3.06. The normalized spacial score (nSPS) is 16.7. The Morgan fingerprint density at radius 1 is 1.35 bits per heavy atom. The lowest BCUT2D eigenvalue weighted by molar-refractivity contribution is -0.134. The molecule has 8 heteroatoms. The molecule has 144 valence electrons. The zero-order valence-electron chi connectivity index (χ0n) is 15.6. The van der Waals surface area contributed by atoms with Gasteiger partial charge in [-0.05, 0) is 27.7 Å². The average Bonchev–Trinajstić information content (AvgIpc) is 2.55. The van der Waals surface area contributed by atoms with Gasteiger partial charge in [0.1, 0.15) is 28.5 Å². The van der Waals surface area contributed by atoms with Gasteiger partial charge in [0, 0.05) is 44.4 Å². The van der Waals surface area contributed by atoms with E-state index in [0.29, 0.717) is 36.7 Å². The summed E-state index contributed by atoms with van der Waals surface area (Å²) in [6.45, 7) is 8.11. The van der Waals surface area contributed by atoms with Crippen molar-refractivity contribution in [1.82, 2.24) is 15.2 Å². The van der Waals surface area contributed by atoms with Crippen LogP contribution in [-0.2, 0) is 9.53 Å². The Morgan fingerprint density at radius 2 is 2.00 bits per heavy atom. The Kier molecular flexibility index (Phi) is 6.69. The smallest absolute Gasteiger partial charge is 0.408 e. The number of hydrogen-bond acceptors (Lipinski definition) is 5. The molecule has 2 amide bonds. The predicted octanol–water partition coefficient (Wildman–Crippen LogP) is 3.02. The van der Waals surface area contributed by atoms with Gasteiger partial charge in [-0.3, -0.25) is 9.78 Å². The molecule has 0 aromatic carbocycles. The van der Waals surface area contributed by atoms with Crippen molar-refractivity contribution in [3.63, 3.8) is 0 Å². The van der Waals surface area contributed by atoms with E-state index in [1.54, 1.807) is 51.1 Å². The van der Waals surface area contributed by atoms with Gasteiger partial charge in [-0.25, -0.2) is 4.79 Å². The van der Waals surface area contributed by atoms with E-state index in [4.69, 9.17) is 21.1 Å². The molecule has 0 unspecified atom stereocenters. The minimum atomic E-state index is -0.642. The van der Waals surface area contributed by atoms with Gasteiger partial charge >= 0.3 is 6.09 Å². The highest BCUT2D eigenvalue weighted by Gasteiger charge is 2.29. The molecule has 1 aromatic rings. The van der Waals surface area contributed by atoms with Crippen LogP contribution in [0, 0.1) is 0 Å². The van der Waals surface area contributed by atoms with Crippen molar-refractivity contribution in [2.75, 3.05) is 13.1 Å². The highest BCUT2D eigenvalue weighted by molar-refractivity contribution is 6.31. The number of likely N-dealkylation sites (tertiary alicyclic amines) is 1. The van der Waals surface area contributed by atoms with Crippen molar-refractivity contribution in [3.8, 4) is 5.75 Å². The number of halogens is 1. The van der Waals surface area contributed by atoms with Crippen LogP contribution in [0.2, 0.25) is 5.02 Å². The third-order valence-electron chi connectivity index (χ3n) is 3.89. The van der Waals surface area contributed by atoms with Gasteiger partial charge in [-0.15, -0.1) is 0 Å². The second-order valence-electron chi connectivity index (χ2n) is 7.32. The number of hydrogen-bond donors (Lipinski definition) is 1. The monoisotopic (exact) mass is 383 g/mol. The van der Waals surface area contributed by atoms with Gasteiger partial charge in [0.05, 0.1) is 0 Å². The lowest BCUT2D eigenvalue weighted by Gasteiger charge is -2.34. The average molecular weight is 384 g/mol. The first-order valence-electron chi connectivity index (χ1n) is 8.70. The van der Waals surface area contributed by atoms with Gasteiger partial charge in [-0.1, -0.05) is 11.6 Å². The maximum Gasteiger partial charge on any atom is 0.408 e. The van der Waals surface area contributed by atoms with E-state index < -0.39 is 17.7 Å². The predicted molar refractivity (Wildman–Crippen MR) is 98.3 cm³/mol. The number of aromatic nitrogens is 1. The lowest BCUT2D eigenvalue weighted by atomic mass is 10.1. The zero-order valence-corrected chi connectivity index (χ0v) is 16.4. The third-order valence-corrected chi connectivity index (χ3v) is 4.17. The number of rotatable bonds is 4. The van der Waals surface area contributed by atoms with E-state index >= 15 is 0 Å². The largest absolute Gasteiger partial charge is 0.489 e. The lowest BCUT2D eigenvalue weighted by Crippen LogP contribution is -2.51. The maximum absolute atomic E-state index is 12.5. The molecule has 1 saturated heterocycles. The van der Waals surface area contributed by atoms with Gasteiger partial charge in [0.25, 0.3) is 0 Å². The molecule has 0 saturated carbocycles. The van der Waals surface area contributed by atoms with E-state index in [0.717, 1.165) is 0 Å². The summed E-state index contributed by atoms with van der Waals surface area (Å²) in [7, 11) is 0. The number of carbonyl (C=O) groups excluding carboxylic acids is 2. The maximum atomic E-state index is 12.5. The van der Waals surface area contributed by atoms with Crippen molar-refractivity contribution in [3.05, 3.63) is 23.5 Å². The molecule has 1 atom stereocenters. The van der Waals surface area contributed by atoms with Crippen LogP contribution in [0.15, 0.2) is 18.5 Å². The quantitative estimate of drug-likeness (QED) is 0.864. The number of ether oxygens (including phenoxy) is 2. The molecule has 0 radical (unpaired) electrons. The number of alkyl carbamates (subject to hydrolysis) is 1. The number of amides is 2. The summed E-state index contributed by atoms with van der Waals surface area (Å²) in [4.78, 5) is 30.0. The van der Waals surface area contributed by atoms with Crippen LogP contribution in [0.3, 0.4) is 0 Å². The van der Waals surface area contributed by atoms with Gasteiger partial charge in [0.15, 0.2) is 0 Å². The summed E-state index contributed by atoms with van der Waals surface area (Å²) < 4.78 is 11.1. The molecule has 0 bridgehead atoms. The van der Waals surface area contributed by atoms with Crippen LogP contribution < -0.4 is 10.1 Å². The van der Waals surface area contributed by atoms with Gasteiger partial charge < -0.3 is 19.7 Å². The van der Waals surface area contributed by atoms with Crippen LogP contribution in [-0.4, -0.2) is 52.7 Å². The van der Waals surface area contributed by atoms with E-state index in [1.165, 1.54) is 0 Å². The molecule has 1 fully saturated rings. The molecule has 0 spiro atoms. The Hall–Kier alpha value is -2.02. The molecular weight excluding hydrogens is 358 g/mol. The fraction of sp³-hybridized carbons (Fsp3) is 0.611. The number of piperidine rings is 1. The summed E-state index contributed by atoms with van der Waals surface area (Å²) in [6.07, 6.45) is 3.97. The second-order valence-corrected chi connectivity index (χ2v) is 7.72. The molecule has 1 N–H and O–H groups in total. The number of pyridine rings is 1. The molecule has 2 heterocycles. The minimum absolute atomic E-state index is 0.00642. The van der Waals surface area contributed by atoms with Gasteiger partial charge in [0.2, 0.25) is 5.91 Å². The van der Waals surface area contributed by atoms with Crippen molar-refractivity contribution in [2.24, 2.45) is 0 Å². The van der Waals surface area contributed by atoms with Crippen LogP contribution >= 0.6 is 11.6 Å². The Balaban J connectivity index is 1.80. The highest BCUT2D eigenvalue weighted by Crippen LogP contribution is 2.26. The Morgan fingerprint density at radius 3 is 2.58 bits per heavy atom. The standard InChI is InChI=1S/C18H26ClN3O4/c1-12(21-17(24)26-18(2,3)4)16(23)22-9-6-13(7-10-22)25-15-5-8-20-11-14(15)19/h5,8,11-13H,6-7,9-10H2,1-4H3,(H,21,24)/t12-/m1/s1. The minimum Gasteiger partial charge on any atom is -0.489 e. The van der Waals surface area contributed by atoms with E-state index in [-0.39, 0.29) is 12.0 Å². The summed E-state index contributed by atoms with van der Waals surface area (Å²) >= 11 is 6.05.